The third kappa shape index (κ3) is 3.63. The van der Waals surface area contributed by atoms with Gasteiger partial charge in [0.05, 0.1) is 18.9 Å². The molecule has 0 bridgehead atoms. The van der Waals surface area contributed by atoms with Crippen LogP contribution in [0.15, 0.2) is 36.4 Å². The number of nitrogen functional groups attached to an aromatic ring is 1. The van der Waals surface area contributed by atoms with Crippen molar-refractivity contribution in [2.24, 2.45) is 0 Å². The smallest absolute Gasteiger partial charge is 0.433 e. The van der Waals surface area contributed by atoms with Crippen molar-refractivity contribution < 1.29 is 19.1 Å². The molecule has 0 heterocycles. The van der Waals surface area contributed by atoms with Gasteiger partial charge >= 0.3 is 12.2 Å². The Bertz CT molecular complexity index is 718. The number of nitrogens with two attached hydrogens (primary N) is 1. The number of carbonyl (C=O) groups excluding carboxylic acids is 2. The molecule has 2 rings (SSSR count). The molecule has 0 aromatic heterocycles. The lowest BCUT2D eigenvalue weighted by Gasteiger charge is -2.23. The van der Waals surface area contributed by atoms with Gasteiger partial charge in [-0.25, -0.2) is 15.0 Å². The number of rotatable bonds is 3. The molecule has 23 heavy (non-hydrogen) atoms. The Morgan fingerprint density at radius 2 is 1.70 bits per heavy atom. The molecule has 0 radical (unpaired) electrons. The monoisotopic (exact) mass is 317 g/mol. The third-order valence-corrected chi connectivity index (χ3v) is 3.10. The molecule has 7 heteroatoms. The van der Waals surface area contributed by atoms with Gasteiger partial charge in [-0.1, -0.05) is 24.3 Å². The van der Waals surface area contributed by atoms with Crippen LogP contribution in [0, 0.1) is 0 Å². The summed E-state index contributed by atoms with van der Waals surface area (Å²) >= 11 is 0. The average Bonchev–Trinajstić information content (AvgIpc) is 2.54. The molecule has 7 nitrogen and oxygen atoms in total. The third-order valence-electron chi connectivity index (χ3n) is 3.10. The number of amides is 2. The summed E-state index contributed by atoms with van der Waals surface area (Å²) in [6, 6.07) is 10.6. The van der Waals surface area contributed by atoms with E-state index in [1.807, 2.05) is 18.2 Å². The van der Waals surface area contributed by atoms with Crippen LogP contribution in [0.1, 0.15) is 13.8 Å². The van der Waals surface area contributed by atoms with Crippen molar-refractivity contribution in [3.05, 3.63) is 36.4 Å². The second-order valence-electron chi connectivity index (χ2n) is 4.59. The van der Waals surface area contributed by atoms with Crippen LogP contribution in [0.2, 0.25) is 0 Å². The van der Waals surface area contributed by atoms with Crippen LogP contribution in [0.5, 0.6) is 0 Å². The normalized spacial score (nSPS) is 10.2. The molecule has 0 unspecified atom stereocenters. The number of fused-ring (bicyclic) bond motifs is 1. The van der Waals surface area contributed by atoms with Crippen LogP contribution < -0.4 is 16.2 Å². The van der Waals surface area contributed by atoms with E-state index in [9.17, 15) is 9.59 Å². The summed E-state index contributed by atoms with van der Waals surface area (Å²) in [5.41, 5.74) is 9.37. The standard InChI is InChI=1S/C16H19N3O4/c1-3-22-15(20)18-19(16(21)23-4-2)14-10-9-13(17)11-7-5-6-8-12(11)14/h5-10H,3-4,17H2,1-2H3,(H,18,20). The highest BCUT2D eigenvalue weighted by molar-refractivity contribution is 6.06. The lowest BCUT2D eigenvalue weighted by atomic mass is 10.1. The molecule has 2 amide bonds. The van der Waals surface area contributed by atoms with Crippen molar-refractivity contribution in [3.8, 4) is 0 Å². The lowest BCUT2D eigenvalue weighted by Crippen LogP contribution is -2.47. The fourth-order valence-corrected chi connectivity index (χ4v) is 2.15. The number of hydrogen-bond donors (Lipinski definition) is 2. The highest BCUT2D eigenvalue weighted by atomic mass is 16.6. The van der Waals surface area contributed by atoms with Crippen LogP contribution in [-0.4, -0.2) is 25.4 Å². The molecule has 0 aliphatic carbocycles. The van der Waals surface area contributed by atoms with Gasteiger partial charge in [-0.2, -0.15) is 5.01 Å². The Labute approximate surface area is 133 Å². The summed E-state index contributed by atoms with van der Waals surface area (Å²) in [6.45, 7) is 3.71. The molecule has 0 aliphatic heterocycles. The van der Waals surface area contributed by atoms with Crippen molar-refractivity contribution in [1.29, 1.82) is 0 Å². The molecule has 0 aliphatic rings. The average molecular weight is 317 g/mol. The van der Waals surface area contributed by atoms with E-state index in [1.54, 1.807) is 32.0 Å². The number of ether oxygens (including phenoxy) is 2. The Morgan fingerprint density at radius 3 is 2.35 bits per heavy atom. The molecule has 2 aromatic rings. The van der Waals surface area contributed by atoms with Gasteiger partial charge in [-0.05, 0) is 26.0 Å². The van der Waals surface area contributed by atoms with Crippen LogP contribution in [-0.2, 0) is 9.47 Å². The fourth-order valence-electron chi connectivity index (χ4n) is 2.15. The van der Waals surface area contributed by atoms with Crippen molar-refractivity contribution in [3.63, 3.8) is 0 Å². The van der Waals surface area contributed by atoms with E-state index in [0.29, 0.717) is 16.8 Å². The molecular formula is C16H19N3O4. The molecule has 0 fully saturated rings. The predicted molar refractivity (Wildman–Crippen MR) is 88.0 cm³/mol. The second kappa shape index (κ2) is 7.35. The largest absolute Gasteiger partial charge is 0.449 e. The Morgan fingerprint density at radius 1 is 1.04 bits per heavy atom. The van der Waals surface area contributed by atoms with Crippen molar-refractivity contribution >= 4 is 34.3 Å². The number of benzene rings is 2. The number of carbonyl (C=O) groups is 2. The van der Waals surface area contributed by atoms with Gasteiger partial charge < -0.3 is 15.2 Å². The molecular weight excluding hydrogens is 298 g/mol. The molecule has 122 valence electrons. The first-order valence-electron chi connectivity index (χ1n) is 7.26. The van der Waals surface area contributed by atoms with Gasteiger partial charge in [0.15, 0.2) is 0 Å². The SMILES string of the molecule is CCOC(=O)NN(C(=O)OCC)c1ccc(N)c2ccccc12. The van der Waals surface area contributed by atoms with Gasteiger partial charge in [0, 0.05) is 16.5 Å². The van der Waals surface area contributed by atoms with Crippen LogP contribution in [0.4, 0.5) is 21.0 Å². The number of nitrogens with zero attached hydrogens (tertiary/aromatic N) is 1. The zero-order valence-corrected chi connectivity index (χ0v) is 13.0. The zero-order chi connectivity index (χ0) is 16.8. The van der Waals surface area contributed by atoms with Crippen LogP contribution in [0.25, 0.3) is 10.8 Å². The van der Waals surface area contributed by atoms with E-state index in [1.165, 1.54) is 0 Å². The van der Waals surface area contributed by atoms with Gasteiger partial charge in [-0.3, -0.25) is 0 Å². The predicted octanol–water partition coefficient (Wildman–Crippen LogP) is 3.05. The van der Waals surface area contributed by atoms with E-state index in [2.05, 4.69) is 5.43 Å². The Hall–Kier alpha value is -2.96. The van der Waals surface area contributed by atoms with E-state index in [4.69, 9.17) is 15.2 Å². The van der Waals surface area contributed by atoms with E-state index in [0.717, 1.165) is 10.4 Å². The van der Waals surface area contributed by atoms with Gasteiger partial charge in [0.1, 0.15) is 0 Å². The van der Waals surface area contributed by atoms with Crippen molar-refractivity contribution in [2.45, 2.75) is 13.8 Å². The number of anilines is 2. The molecule has 2 aromatic carbocycles. The van der Waals surface area contributed by atoms with Gasteiger partial charge in [-0.15, -0.1) is 0 Å². The molecule has 0 saturated heterocycles. The lowest BCUT2D eigenvalue weighted by molar-refractivity contribution is 0.139. The summed E-state index contributed by atoms with van der Waals surface area (Å²) < 4.78 is 9.84. The number of nitrogens with one attached hydrogen (secondary N) is 1. The van der Waals surface area contributed by atoms with Gasteiger partial charge in [0.25, 0.3) is 0 Å². The number of hydrogen-bond acceptors (Lipinski definition) is 5. The minimum absolute atomic E-state index is 0.173. The molecule has 0 atom stereocenters. The first-order chi connectivity index (χ1) is 11.1. The van der Waals surface area contributed by atoms with E-state index < -0.39 is 12.2 Å². The molecule has 3 N–H and O–H groups in total. The molecule has 0 spiro atoms. The maximum absolute atomic E-state index is 12.2. The first kappa shape index (κ1) is 16.4. The maximum Gasteiger partial charge on any atom is 0.433 e. The minimum Gasteiger partial charge on any atom is -0.449 e. The topological polar surface area (TPSA) is 93.9 Å². The quantitative estimate of drug-likeness (QED) is 0.670. The minimum atomic E-state index is -0.749. The van der Waals surface area contributed by atoms with E-state index in [-0.39, 0.29) is 13.2 Å². The maximum atomic E-state index is 12.2. The van der Waals surface area contributed by atoms with Crippen LogP contribution >= 0.6 is 0 Å². The fraction of sp³-hybridized carbons (Fsp3) is 0.250. The van der Waals surface area contributed by atoms with E-state index >= 15 is 0 Å². The highest BCUT2D eigenvalue weighted by Gasteiger charge is 2.22. The van der Waals surface area contributed by atoms with Crippen molar-refractivity contribution in [1.82, 2.24) is 5.43 Å². The zero-order valence-electron chi connectivity index (χ0n) is 13.0. The number of hydrazine groups is 1. The second-order valence-corrected chi connectivity index (χ2v) is 4.59. The Balaban J connectivity index is 2.48. The summed E-state index contributed by atoms with van der Waals surface area (Å²) in [6.07, 6.45) is -1.46. The summed E-state index contributed by atoms with van der Waals surface area (Å²) in [5.74, 6) is 0. The first-order valence-corrected chi connectivity index (χ1v) is 7.26. The summed E-state index contributed by atoms with van der Waals surface area (Å²) in [4.78, 5) is 23.9. The summed E-state index contributed by atoms with van der Waals surface area (Å²) in [7, 11) is 0. The van der Waals surface area contributed by atoms with Crippen LogP contribution in [0.3, 0.4) is 0 Å². The Kier molecular flexibility index (Phi) is 5.24. The summed E-state index contributed by atoms with van der Waals surface area (Å²) in [5, 5.41) is 2.49. The van der Waals surface area contributed by atoms with Crippen molar-refractivity contribution in [2.75, 3.05) is 24.0 Å². The highest BCUT2D eigenvalue weighted by Crippen LogP contribution is 2.30. The van der Waals surface area contributed by atoms with Gasteiger partial charge in [0.2, 0.25) is 0 Å². The molecule has 0 saturated carbocycles.